The number of halogens is 1. The zero-order valence-electron chi connectivity index (χ0n) is 10.6. The maximum atomic E-state index is 11.9. The van der Waals surface area contributed by atoms with E-state index in [1.54, 1.807) is 0 Å². The van der Waals surface area contributed by atoms with Crippen LogP contribution in [0.3, 0.4) is 0 Å². The van der Waals surface area contributed by atoms with Gasteiger partial charge >= 0.3 is 0 Å². The summed E-state index contributed by atoms with van der Waals surface area (Å²) in [5.41, 5.74) is 0. The lowest BCUT2D eigenvalue weighted by Crippen LogP contribution is -2.50. The Hall–Kier alpha value is 0.0300. The topological polar surface area (TPSA) is 32.8 Å². The van der Waals surface area contributed by atoms with E-state index in [1.165, 1.54) is 0 Å². The van der Waals surface area contributed by atoms with Crippen molar-refractivity contribution >= 4 is 29.3 Å². The Morgan fingerprint density at radius 1 is 1.33 bits per heavy atom. The van der Waals surface area contributed by atoms with Crippen LogP contribution in [0.5, 0.6) is 0 Å². The Morgan fingerprint density at radius 2 is 2.11 bits per heavy atom. The Morgan fingerprint density at radius 3 is 2.83 bits per heavy atom. The largest absolute Gasteiger partial charge is 0.379 e. The highest BCUT2D eigenvalue weighted by molar-refractivity contribution is 7.99. The summed E-state index contributed by atoms with van der Waals surface area (Å²) in [5.74, 6) is 2.35. The molecule has 2 heterocycles. The van der Waals surface area contributed by atoms with Crippen LogP contribution < -0.4 is 0 Å². The van der Waals surface area contributed by atoms with Crippen molar-refractivity contribution in [3.8, 4) is 0 Å². The molecule has 0 aromatic heterocycles. The first kappa shape index (κ1) is 14.4. The van der Waals surface area contributed by atoms with Crippen molar-refractivity contribution in [2.75, 3.05) is 56.8 Å². The summed E-state index contributed by atoms with van der Waals surface area (Å²) >= 11 is 7.66. The molecule has 104 valence electrons. The number of morpholine rings is 1. The molecule has 4 nitrogen and oxygen atoms in total. The quantitative estimate of drug-likeness (QED) is 0.724. The lowest BCUT2D eigenvalue weighted by molar-refractivity contribution is -0.130. The molecule has 0 bridgehead atoms. The maximum absolute atomic E-state index is 11.9. The Kier molecular flexibility index (Phi) is 6.08. The van der Waals surface area contributed by atoms with Gasteiger partial charge in [0, 0.05) is 31.9 Å². The predicted molar refractivity (Wildman–Crippen MR) is 75.4 cm³/mol. The smallest absolute Gasteiger partial charge is 0.237 e. The molecule has 1 atom stereocenters. The number of hydrogen-bond acceptors (Lipinski definition) is 4. The SMILES string of the molecule is O=C(CCl)N1CCCSCC1CN1CCOCC1. The number of carbonyl (C=O) groups is 1. The van der Waals surface area contributed by atoms with Gasteiger partial charge in [-0.25, -0.2) is 0 Å². The number of ether oxygens (including phenoxy) is 1. The van der Waals surface area contributed by atoms with Gasteiger partial charge in [-0.15, -0.1) is 11.6 Å². The Bertz CT molecular complexity index is 275. The van der Waals surface area contributed by atoms with Crippen LogP contribution in [0.4, 0.5) is 0 Å². The minimum atomic E-state index is 0.0810. The van der Waals surface area contributed by atoms with Gasteiger partial charge in [0.25, 0.3) is 0 Å². The molecule has 6 heteroatoms. The third kappa shape index (κ3) is 4.02. The minimum absolute atomic E-state index is 0.0810. The van der Waals surface area contributed by atoms with Gasteiger partial charge in [-0.3, -0.25) is 9.69 Å². The monoisotopic (exact) mass is 292 g/mol. The minimum Gasteiger partial charge on any atom is -0.379 e. The van der Waals surface area contributed by atoms with E-state index in [4.69, 9.17) is 16.3 Å². The van der Waals surface area contributed by atoms with Crippen molar-refractivity contribution < 1.29 is 9.53 Å². The van der Waals surface area contributed by atoms with Crippen LogP contribution in [0.2, 0.25) is 0 Å². The molecule has 1 amide bonds. The molecule has 0 aliphatic carbocycles. The van der Waals surface area contributed by atoms with Gasteiger partial charge in [-0.05, 0) is 12.2 Å². The van der Waals surface area contributed by atoms with Crippen molar-refractivity contribution in [1.29, 1.82) is 0 Å². The average Bonchev–Trinajstić information content (AvgIpc) is 2.64. The molecule has 2 rings (SSSR count). The lowest BCUT2D eigenvalue weighted by Gasteiger charge is -2.35. The molecule has 18 heavy (non-hydrogen) atoms. The normalized spacial score (nSPS) is 26.9. The summed E-state index contributed by atoms with van der Waals surface area (Å²) < 4.78 is 5.36. The maximum Gasteiger partial charge on any atom is 0.237 e. The van der Waals surface area contributed by atoms with Gasteiger partial charge in [-0.1, -0.05) is 0 Å². The van der Waals surface area contributed by atoms with E-state index < -0.39 is 0 Å². The van der Waals surface area contributed by atoms with E-state index >= 15 is 0 Å². The third-order valence-electron chi connectivity index (χ3n) is 3.45. The Labute approximate surface area is 118 Å². The van der Waals surface area contributed by atoms with Gasteiger partial charge in [0.05, 0.1) is 19.3 Å². The molecule has 0 radical (unpaired) electrons. The first-order chi connectivity index (χ1) is 8.81. The number of rotatable bonds is 3. The molecular weight excluding hydrogens is 272 g/mol. The average molecular weight is 293 g/mol. The van der Waals surface area contributed by atoms with Crippen LogP contribution in [-0.4, -0.2) is 78.5 Å². The van der Waals surface area contributed by atoms with E-state index in [0.717, 1.165) is 57.3 Å². The highest BCUT2D eigenvalue weighted by Gasteiger charge is 2.27. The number of carbonyl (C=O) groups excluding carboxylic acids is 1. The fourth-order valence-corrected chi connectivity index (χ4v) is 3.68. The van der Waals surface area contributed by atoms with E-state index in [9.17, 15) is 4.79 Å². The molecule has 0 aromatic rings. The number of nitrogens with zero attached hydrogens (tertiary/aromatic N) is 2. The first-order valence-corrected chi connectivity index (χ1v) is 8.23. The van der Waals surface area contributed by atoms with Crippen molar-refractivity contribution in [1.82, 2.24) is 9.80 Å². The highest BCUT2D eigenvalue weighted by Crippen LogP contribution is 2.18. The summed E-state index contributed by atoms with van der Waals surface area (Å²) in [5, 5.41) is 0. The van der Waals surface area contributed by atoms with Gasteiger partial charge < -0.3 is 9.64 Å². The van der Waals surface area contributed by atoms with Gasteiger partial charge in [0.15, 0.2) is 0 Å². The van der Waals surface area contributed by atoms with Gasteiger partial charge in [0.1, 0.15) is 5.88 Å². The van der Waals surface area contributed by atoms with Crippen LogP contribution >= 0.6 is 23.4 Å². The van der Waals surface area contributed by atoms with Gasteiger partial charge in [-0.2, -0.15) is 11.8 Å². The zero-order chi connectivity index (χ0) is 12.8. The molecule has 1 unspecified atom stereocenters. The van der Waals surface area contributed by atoms with E-state index in [1.807, 2.05) is 16.7 Å². The molecule has 2 aliphatic heterocycles. The summed E-state index contributed by atoms with van der Waals surface area (Å²) in [6, 6.07) is 0.307. The molecule has 2 fully saturated rings. The van der Waals surface area contributed by atoms with Crippen LogP contribution in [0.1, 0.15) is 6.42 Å². The standard InChI is InChI=1S/C12H21ClN2O2S/c13-8-12(16)15-2-1-7-18-10-11(15)9-14-3-5-17-6-4-14/h11H,1-10H2. The summed E-state index contributed by atoms with van der Waals surface area (Å²) in [6.07, 6.45) is 1.08. The number of amides is 1. The lowest BCUT2D eigenvalue weighted by atomic mass is 10.2. The molecule has 0 spiro atoms. The van der Waals surface area contributed by atoms with Crippen LogP contribution in [0, 0.1) is 0 Å². The second kappa shape index (κ2) is 7.58. The van der Waals surface area contributed by atoms with Crippen LogP contribution in [-0.2, 0) is 9.53 Å². The molecular formula is C12H21ClN2O2S. The summed E-state index contributed by atoms with van der Waals surface area (Å²) in [4.78, 5) is 16.3. The molecule has 2 saturated heterocycles. The summed E-state index contributed by atoms with van der Waals surface area (Å²) in [6.45, 7) is 5.38. The number of thioether (sulfide) groups is 1. The van der Waals surface area contributed by atoms with E-state index in [2.05, 4.69) is 4.90 Å². The van der Waals surface area contributed by atoms with E-state index in [0.29, 0.717) is 6.04 Å². The Balaban J connectivity index is 1.93. The van der Waals surface area contributed by atoms with E-state index in [-0.39, 0.29) is 11.8 Å². The predicted octanol–water partition coefficient (Wildman–Crippen LogP) is 0.891. The van der Waals surface area contributed by atoms with Crippen molar-refractivity contribution in [3.05, 3.63) is 0 Å². The summed E-state index contributed by atoms with van der Waals surface area (Å²) in [7, 11) is 0. The van der Waals surface area contributed by atoms with Crippen molar-refractivity contribution in [3.63, 3.8) is 0 Å². The van der Waals surface area contributed by atoms with Crippen LogP contribution in [0.15, 0.2) is 0 Å². The van der Waals surface area contributed by atoms with Crippen LogP contribution in [0.25, 0.3) is 0 Å². The fourth-order valence-electron chi connectivity index (χ4n) is 2.47. The molecule has 0 aromatic carbocycles. The third-order valence-corrected chi connectivity index (χ3v) is 4.87. The zero-order valence-corrected chi connectivity index (χ0v) is 12.2. The van der Waals surface area contributed by atoms with Crippen molar-refractivity contribution in [2.24, 2.45) is 0 Å². The number of hydrogen-bond donors (Lipinski definition) is 0. The molecule has 0 saturated carbocycles. The molecule has 0 N–H and O–H groups in total. The molecule has 2 aliphatic rings. The second-order valence-corrected chi connectivity index (χ2v) is 6.13. The first-order valence-electron chi connectivity index (χ1n) is 6.54. The fraction of sp³-hybridized carbons (Fsp3) is 0.917. The van der Waals surface area contributed by atoms with Crippen molar-refractivity contribution in [2.45, 2.75) is 12.5 Å². The number of alkyl halides is 1. The highest BCUT2D eigenvalue weighted by atomic mass is 35.5. The second-order valence-electron chi connectivity index (χ2n) is 4.72. The van der Waals surface area contributed by atoms with Gasteiger partial charge in [0.2, 0.25) is 5.91 Å².